The van der Waals surface area contributed by atoms with Crippen molar-refractivity contribution in [2.45, 2.75) is 44.4 Å². The molecule has 0 radical (unpaired) electrons. The summed E-state index contributed by atoms with van der Waals surface area (Å²) in [5, 5.41) is 1.08. The van der Waals surface area contributed by atoms with Gasteiger partial charge in [0.15, 0.2) is 0 Å². The number of carbonyl (C=O) groups is 2. The summed E-state index contributed by atoms with van der Waals surface area (Å²) in [6, 6.07) is 4.03. The van der Waals surface area contributed by atoms with E-state index in [1.165, 1.54) is 30.6 Å². The van der Waals surface area contributed by atoms with Gasteiger partial charge in [-0.05, 0) is 30.9 Å². The first-order valence-electron chi connectivity index (χ1n) is 11.3. The molecule has 1 atom stereocenters. The highest BCUT2D eigenvalue weighted by Crippen LogP contribution is 2.40. The fourth-order valence-electron chi connectivity index (χ4n) is 5.23. The Morgan fingerprint density at radius 3 is 2.63 bits per heavy atom. The van der Waals surface area contributed by atoms with Crippen LogP contribution in [0.3, 0.4) is 0 Å². The first-order valence-corrected chi connectivity index (χ1v) is 12.1. The Kier molecular flexibility index (Phi) is 5.74. The van der Waals surface area contributed by atoms with Gasteiger partial charge in [0.05, 0.1) is 18.1 Å². The predicted octanol–water partition coefficient (Wildman–Crippen LogP) is 3.66. The number of fused-ring (bicyclic) bond motifs is 1. The Bertz CT molecular complexity index is 931. The first kappa shape index (κ1) is 19.9. The van der Waals surface area contributed by atoms with E-state index in [1.807, 2.05) is 11.0 Å². The Hall–Kier alpha value is -1.99. The van der Waals surface area contributed by atoms with Gasteiger partial charge in [0, 0.05) is 49.6 Å². The maximum Gasteiger partial charge on any atom is 0.264 e. The van der Waals surface area contributed by atoms with Crippen LogP contribution in [0.1, 0.15) is 59.7 Å². The zero-order chi connectivity index (χ0) is 20.5. The number of ether oxygens (including phenoxy) is 1. The number of pyridine rings is 1. The van der Waals surface area contributed by atoms with Gasteiger partial charge < -0.3 is 14.5 Å². The molecule has 2 aromatic rings. The number of hydrogen-bond donors (Lipinski definition) is 0. The van der Waals surface area contributed by atoms with E-state index >= 15 is 0 Å². The van der Waals surface area contributed by atoms with Gasteiger partial charge in [-0.1, -0.05) is 25.3 Å². The highest BCUT2D eigenvalue weighted by molar-refractivity contribution is 7.20. The molecule has 3 fully saturated rings. The molecule has 5 rings (SSSR count). The number of nitrogens with zero attached hydrogens (tertiary/aromatic N) is 3. The number of thiophene rings is 1. The van der Waals surface area contributed by atoms with Crippen molar-refractivity contribution in [3.8, 4) is 0 Å². The third kappa shape index (κ3) is 3.73. The third-order valence-corrected chi connectivity index (χ3v) is 7.98. The highest BCUT2D eigenvalue weighted by Gasteiger charge is 2.36. The van der Waals surface area contributed by atoms with Gasteiger partial charge in [-0.15, -0.1) is 11.3 Å². The van der Waals surface area contributed by atoms with Crippen molar-refractivity contribution < 1.29 is 14.3 Å². The second kappa shape index (κ2) is 8.63. The van der Waals surface area contributed by atoms with Crippen molar-refractivity contribution in [2.75, 3.05) is 39.4 Å². The number of amides is 2. The molecule has 3 aliphatic rings. The second-order valence-corrected chi connectivity index (χ2v) is 9.71. The van der Waals surface area contributed by atoms with E-state index in [-0.39, 0.29) is 17.7 Å². The minimum atomic E-state index is 0.0911. The van der Waals surface area contributed by atoms with Crippen molar-refractivity contribution in [1.82, 2.24) is 14.8 Å². The van der Waals surface area contributed by atoms with Crippen LogP contribution in [-0.4, -0.2) is 66.0 Å². The molecule has 0 N–H and O–H groups in total. The van der Waals surface area contributed by atoms with Gasteiger partial charge in [0.1, 0.15) is 4.83 Å². The van der Waals surface area contributed by atoms with E-state index in [2.05, 4.69) is 16.0 Å². The van der Waals surface area contributed by atoms with Gasteiger partial charge in [-0.25, -0.2) is 4.98 Å². The van der Waals surface area contributed by atoms with Gasteiger partial charge >= 0.3 is 0 Å². The van der Waals surface area contributed by atoms with E-state index in [4.69, 9.17) is 4.74 Å². The number of carbonyl (C=O) groups excluding carboxylic acids is 2. The Labute approximate surface area is 181 Å². The molecule has 0 aromatic carbocycles. The van der Waals surface area contributed by atoms with Crippen molar-refractivity contribution in [3.05, 3.63) is 28.8 Å². The predicted molar refractivity (Wildman–Crippen MR) is 117 cm³/mol. The molecule has 4 heterocycles. The van der Waals surface area contributed by atoms with E-state index < -0.39 is 0 Å². The average molecular weight is 428 g/mol. The normalized spacial score (nSPS) is 23.3. The Morgan fingerprint density at radius 1 is 1.03 bits per heavy atom. The molecule has 2 amide bonds. The van der Waals surface area contributed by atoms with Crippen LogP contribution in [0.25, 0.3) is 10.2 Å². The lowest BCUT2D eigenvalue weighted by atomic mass is 9.88. The molecule has 0 bridgehead atoms. The Balaban J connectivity index is 1.42. The van der Waals surface area contributed by atoms with Gasteiger partial charge in [-0.3, -0.25) is 9.59 Å². The summed E-state index contributed by atoms with van der Waals surface area (Å²) in [6.07, 6.45) is 8.38. The van der Waals surface area contributed by atoms with Crippen molar-refractivity contribution >= 4 is 33.4 Å². The summed E-state index contributed by atoms with van der Waals surface area (Å²) in [5.41, 5.74) is 1.11. The maximum absolute atomic E-state index is 13.4. The number of likely N-dealkylation sites (tertiary alicyclic amines) is 1. The summed E-state index contributed by atoms with van der Waals surface area (Å²) >= 11 is 1.50. The minimum absolute atomic E-state index is 0.0911. The molecule has 160 valence electrons. The molecular weight excluding hydrogens is 398 g/mol. The van der Waals surface area contributed by atoms with Gasteiger partial charge in [0.25, 0.3) is 5.91 Å². The summed E-state index contributed by atoms with van der Waals surface area (Å²) in [4.78, 5) is 36.7. The van der Waals surface area contributed by atoms with E-state index in [1.54, 1.807) is 6.20 Å². The van der Waals surface area contributed by atoms with Gasteiger partial charge in [-0.2, -0.15) is 0 Å². The number of morpholine rings is 1. The SMILES string of the molecule is O=C(c1sc2ncccc2c1[C@@H]1CCN(C(=O)C2CCCCC2)C1)N1CCOCC1. The summed E-state index contributed by atoms with van der Waals surface area (Å²) in [7, 11) is 0. The zero-order valence-electron chi connectivity index (χ0n) is 17.3. The molecule has 0 spiro atoms. The van der Waals surface area contributed by atoms with Crippen molar-refractivity contribution in [3.63, 3.8) is 0 Å². The van der Waals surface area contributed by atoms with Crippen LogP contribution in [-0.2, 0) is 9.53 Å². The smallest absolute Gasteiger partial charge is 0.264 e. The van der Waals surface area contributed by atoms with Crippen LogP contribution in [0.2, 0.25) is 0 Å². The second-order valence-electron chi connectivity index (χ2n) is 8.71. The average Bonchev–Trinajstić information content (AvgIpc) is 3.44. The molecule has 2 aromatic heterocycles. The molecule has 0 unspecified atom stereocenters. The minimum Gasteiger partial charge on any atom is -0.378 e. The highest BCUT2D eigenvalue weighted by atomic mass is 32.1. The van der Waals surface area contributed by atoms with E-state index in [0.29, 0.717) is 32.2 Å². The largest absolute Gasteiger partial charge is 0.378 e. The molecule has 6 nitrogen and oxygen atoms in total. The fourth-order valence-corrected chi connectivity index (χ4v) is 6.43. The van der Waals surface area contributed by atoms with Gasteiger partial charge in [0.2, 0.25) is 5.91 Å². The molecule has 2 aliphatic heterocycles. The lowest BCUT2D eigenvalue weighted by Crippen LogP contribution is -2.40. The van der Waals surface area contributed by atoms with Crippen LogP contribution in [0.5, 0.6) is 0 Å². The first-order chi connectivity index (χ1) is 14.7. The quantitative estimate of drug-likeness (QED) is 0.750. The van der Waals surface area contributed by atoms with Crippen LogP contribution >= 0.6 is 11.3 Å². The van der Waals surface area contributed by atoms with E-state index in [0.717, 1.165) is 53.0 Å². The Morgan fingerprint density at radius 2 is 1.83 bits per heavy atom. The zero-order valence-corrected chi connectivity index (χ0v) is 18.2. The lowest BCUT2D eigenvalue weighted by Gasteiger charge is -2.27. The van der Waals surface area contributed by atoms with Crippen molar-refractivity contribution in [2.24, 2.45) is 5.92 Å². The maximum atomic E-state index is 13.4. The topological polar surface area (TPSA) is 62.7 Å². The van der Waals surface area contributed by atoms with Crippen LogP contribution in [0.15, 0.2) is 18.3 Å². The van der Waals surface area contributed by atoms with Crippen molar-refractivity contribution in [1.29, 1.82) is 0 Å². The summed E-state index contributed by atoms with van der Waals surface area (Å²) < 4.78 is 5.43. The lowest BCUT2D eigenvalue weighted by molar-refractivity contribution is -0.135. The summed E-state index contributed by atoms with van der Waals surface area (Å²) in [5.74, 6) is 0.826. The number of rotatable bonds is 3. The van der Waals surface area contributed by atoms with Crippen LogP contribution in [0, 0.1) is 5.92 Å². The monoisotopic (exact) mass is 427 g/mol. The summed E-state index contributed by atoms with van der Waals surface area (Å²) in [6.45, 7) is 3.98. The third-order valence-electron chi connectivity index (χ3n) is 6.86. The standard InChI is InChI=1S/C23H29N3O3S/c27-22(16-5-2-1-3-6-16)26-10-8-17(15-26)19-18-7-4-9-24-21(18)30-20(19)23(28)25-11-13-29-14-12-25/h4,7,9,16-17H,1-3,5-6,8,10-15H2/t17-/m1/s1. The molecule has 2 saturated heterocycles. The number of hydrogen-bond acceptors (Lipinski definition) is 5. The van der Waals surface area contributed by atoms with Crippen LogP contribution < -0.4 is 0 Å². The van der Waals surface area contributed by atoms with Crippen LogP contribution in [0.4, 0.5) is 0 Å². The molecule has 7 heteroatoms. The molecular formula is C23H29N3O3S. The molecule has 1 aliphatic carbocycles. The number of aromatic nitrogens is 1. The molecule has 1 saturated carbocycles. The molecule has 30 heavy (non-hydrogen) atoms. The van der Waals surface area contributed by atoms with E-state index in [9.17, 15) is 9.59 Å². The fraction of sp³-hybridized carbons (Fsp3) is 0.609.